The third-order valence-corrected chi connectivity index (χ3v) is 5.26. The zero-order valence-corrected chi connectivity index (χ0v) is 16.7. The molecular formula is C21H20O12. The number of phenolic OH excluding ortho intramolecular Hbond substituents is 3. The summed E-state index contributed by atoms with van der Waals surface area (Å²) in [5.74, 6) is -3.02. The van der Waals surface area contributed by atoms with E-state index in [1.54, 1.807) is 0 Å². The molecule has 12 nitrogen and oxygen atoms in total. The predicted molar refractivity (Wildman–Crippen MR) is 109 cm³/mol. The quantitative estimate of drug-likeness (QED) is 0.229. The number of aromatic hydroxyl groups is 4. The maximum atomic E-state index is 12.6. The molecule has 4 rings (SSSR count). The summed E-state index contributed by atoms with van der Waals surface area (Å²) in [6.07, 6.45) is -7.80. The van der Waals surface area contributed by atoms with Crippen LogP contribution in [0.4, 0.5) is 0 Å². The topological polar surface area (TPSA) is 211 Å². The Morgan fingerprint density at radius 3 is 2.27 bits per heavy atom. The lowest BCUT2D eigenvalue weighted by molar-refractivity contribution is -0.277. The monoisotopic (exact) mass is 464 g/mol. The van der Waals surface area contributed by atoms with Gasteiger partial charge in [-0.25, -0.2) is 0 Å². The highest BCUT2D eigenvalue weighted by atomic mass is 16.7. The van der Waals surface area contributed by atoms with Gasteiger partial charge in [-0.15, -0.1) is 0 Å². The van der Waals surface area contributed by atoms with E-state index >= 15 is 0 Å². The summed E-state index contributed by atoms with van der Waals surface area (Å²) in [5, 5.41) is 78.6. The van der Waals surface area contributed by atoms with Crippen molar-refractivity contribution in [3.05, 3.63) is 40.6 Å². The van der Waals surface area contributed by atoms with Crippen molar-refractivity contribution in [2.24, 2.45) is 0 Å². The fourth-order valence-corrected chi connectivity index (χ4v) is 3.49. The van der Waals surface area contributed by atoms with Crippen LogP contribution in [-0.4, -0.2) is 78.2 Å². The fourth-order valence-electron chi connectivity index (χ4n) is 3.49. The lowest BCUT2D eigenvalue weighted by Crippen LogP contribution is -2.60. The van der Waals surface area contributed by atoms with Gasteiger partial charge in [-0.2, -0.15) is 0 Å². The average Bonchev–Trinajstić information content (AvgIpc) is 2.78. The third kappa shape index (κ3) is 3.90. The van der Waals surface area contributed by atoms with E-state index in [1.807, 2.05) is 0 Å². The molecule has 1 saturated heterocycles. The predicted octanol–water partition coefficient (Wildman–Crippen LogP) is -0.539. The number of phenols is 3. The highest BCUT2D eigenvalue weighted by molar-refractivity contribution is 5.88. The van der Waals surface area contributed by atoms with Gasteiger partial charge in [-0.1, -0.05) is 0 Å². The molecule has 0 bridgehead atoms. The molecule has 176 valence electrons. The Kier molecular flexibility index (Phi) is 5.78. The molecular weight excluding hydrogens is 444 g/mol. The molecule has 2 aromatic carbocycles. The van der Waals surface area contributed by atoms with E-state index in [0.717, 1.165) is 24.3 Å². The second-order valence-electron chi connectivity index (χ2n) is 7.44. The van der Waals surface area contributed by atoms with Crippen molar-refractivity contribution >= 4 is 11.0 Å². The van der Waals surface area contributed by atoms with Gasteiger partial charge in [0.2, 0.25) is 17.5 Å². The minimum absolute atomic E-state index is 0.0431. The Labute approximate surface area is 184 Å². The molecule has 0 saturated carbocycles. The molecule has 5 atom stereocenters. The van der Waals surface area contributed by atoms with Gasteiger partial charge in [0.15, 0.2) is 17.3 Å². The molecule has 0 spiro atoms. The molecule has 1 aliphatic heterocycles. The number of benzene rings is 2. The standard InChI is InChI=1S/C21H20O12/c22-6-13-15(26)17(28)19(30)21(33-13)31-8-4-11(25)14-12(5-8)32-20(18(29)16(14)27)7-1-2-9(23)10(24)3-7/h1-5,13,15,17,19,21-26,28-30H,6H2/t13-,15+,17-,19+,21+/m1/s1. The van der Waals surface area contributed by atoms with E-state index in [9.17, 15) is 45.6 Å². The van der Waals surface area contributed by atoms with Gasteiger partial charge in [-0.3, -0.25) is 4.79 Å². The van der Waals surface area contributed by atoms with Gasteiger partial charge in [-0.05, 0) is 18.2 Å². The summed E-state index contributed by atoms with van der Waals surface area (Å²) in [7, 11) is 0. The Morgan fingerprint density at radius 1 is 0.879 bits per heavy atom. The summed E-state index contributed by atoms with van der Waals surface area (Å²) in [6.45, 7) is -0.676. The Morgan fingerprint density at radius 2 is 1.61 bits per heavy atom. The van der Waals surface area contributed by atoms with Crippen molar-refractivity contribution < 1.29 is 54.7 Å². The molecule has 1 aromatic heterocycles. The molecule has 33 heavy (non-hydrogen) atoms. The first-order valence-electron chi connectivity index (χ1n) is 9.64. The van der Waals surface area contributed by atoms with Gasteiger partial charge < -0.3 is 54.7 Å². The first kappa shape index (κ1) is 22.6. The normalized spacial score (nSPS) is 25.3. The summed E-state index contributed by atoms with van der Waals surface area (Å²) in [5.41, 5.74) is -1.20. The van der Waals surface area contributed by atoms with Crippen LogP contribution in [0.5, 0.6) is 28.7 Å². The second-order valence-corrected chi connectivity index (χ2v) is 7.44. The zero-order chi connectivity index (χ0) is 24.0. The number of rotatable bonds is 4. The van der Waals surface area contributed by atoms with Crippen LogP contribution in [0, 0.1) is 0 Å². The Hall–Kier alpha value is -3.55. The summed E-state index contributed by atoms with van der Waals surface area (Å²) in [4.78, 5) is 12.6. The molecule has 3 aromatic rings. The maximum Gasteiger partial charge on any atom is 0.238 e. The van der Waals surface area contributed by atoms with Crippen molar-refractivity contribution in [2.45, 2.75) is 30.7 Å². The molecule has 0 aliphatic carbocycles. The van der Waals surface area contributed by atoms with Crippen molar-refractivity contribution in [3.63, 3.8) is 0 Å². The summed E-state index contributed by atoms with van der Waals surface area (Å²) in [6, 6.07) is 5.55. The second kappa shape index (κ2) is 8.42. The lowest BCUT2D eigenvalue weighted by atomic mass is 9.99. The molecule has 2 heterocycles. The molecule has 8 N–H and O–H groups in total. The van der Waals surface area contributed by atoms with Gasteiger partial charge in [0.25, 0.3) is 0 Å². The summed E-state index contributed by atoms with van der Waals surface area (Å²) >= 11 is 0. The van der Waals surface area contributed by atoms with Crippen LogP contribution in [0.25, 0.3) is 22.3 Å². The van der Waals surface area contributed by atoms with Gasteiger partial charge >= 0.3 is 0 Å². The zero-order valence-electron chi connectivity index (χ0n) is 16.7. The fraction of sp³-hybridized carbons (Fsp3) is 0.286. The lowest BCUT2D eigenvalue weighted by Gasteiger charge is -2.39. The van der Waals surface area contributed by atoms with Crippen molar-refractivity contribution in [1.82, 2.24) is 0 Å². The molecule has 1 aliphatic rings. The van der Waals surface area contributed by atoms with E-state index in [-0.39, 0.29) is 28.0 Å². The SMILES string of the molecule is O=c1c(O)c(-c2ccc(O)c(O)c2)oc2cc(O[C@H]3O[C@H](CO)[C@H](O)[C@@H](O)[C@@H]3O)cc(O)c12. The van der Waals surface area contributed by atoms with E-state index in [0.29, 0.717) is 0 Å². The molecule has 12 heteroatoms. The number of hydrogen-bond acceptors (Lipinski definition) is 12. The number of aliphatic hydroxyl groups excluding tert-OH is 4. The Bertz CT molecular complexity index is 1250. The highest BCUT2D eigenvalue weighted by Crippen LogP contribution is 2.38. The number of fused-ring (bicyclic) bond motifs is 1. The van der Waals surface area contributed by atoms with E-state index < -0.39 is 65.7 Å². The first-order chi connectivity index (χ1) is 15.6. The van der Waals surface area contributed by atoms with Crippen LogP contribution in [0.15, 0.2) is 39.5 Å². The van der Waals surface area contributed by atoms with Crippen molar-refractivity contribution in [3.8, 4) is 40.1 Å². The summed E-state index contributed by atoms with van der Waals surface area (Å²) < 4.78 is 16.3. The van der Waals surface area contributed by atoms with Crippen LogP contribution >= 0.6 is 0 Å². The van der Waals surface area contributed by atoms with Crippen LogP contribution in [-0.2, 0) is 4.74 Å². The minimum Gasteiger partial charge on any atom is -0.507 e. The molecule has 0 unspecified atom stereocenters. The number of ether oxygens (including phenoxy) is 2. The van der Waals surface area contributed by atoms with E-state index in [1.165, 1.54) is 6.07 Å². The minimum atomic E-state index is -1.72. The smallest absolute Gasteiger partial charge is 0.238 e. The largest absolute Gasteiger partial charge is 0.507 e. The average molecular weight is 464 g/mol. The molecule has 1 fully saturated rings. The van der Waals surface area contributed by atoms with Crippen molar-refractivity contribution in [2.75, 3.05) is 6.61 Å². The number of hydrogen-bond donors (Lipinski definition) is 8. The number of aliphatic hydroxyl groups is 4. The van der Waals surface area contributed by atoms with Crippen LogP contribution in [0.3, 0.4) is 0 Å². The first-order valence-corrected chi connectivity index (χ1v) is 9.64. The van der Waals surface area contributed by atoms with Gasteiger partial charge in [0.05, 0.1) is 6.61 Å². The molecule has 0 amide bonds. The van der Waals surface area contributed by atoms with Crippen LogP contribution in [0.1, 0.15) is 0 Å². The van der Waals surface area contributed by atoms with Gasteiger partial charge in [0.1, 0.15) is 46.9 Å². The Balaban J connectivity index is 1.76. The van der Waals surface area contributed by atoms with Crippen LogP contribution in [0.2, 0.25) is 0 Å². The van der Waals surface area contributed by atoms with E-state index in [4.69, 9.17) is 13.9 Å². The van der Waals surface area contributed by atoms with E-state index in [2.05, 4.69) is 0 Å². The third-order valence-electron chi connectivity index (χ3n) is 5.26. The highest BCUT2D eigenvalue weighted by Gasteiger charge is 2.44. The maximum absolute atomic E-state index is 12.6. The van der Waals surface area contributed by atoms with Gasteiger partial charge in [0, 0.05) is 17.7 Å². The van der Waals surface area contributed by atoms with Crippen molar-refractivity contribution in [1.29, 1.82) is 0 Å². The molecule has 0 radical (unpaired) electrons. The van der Waals surface area contributed by atoms with Crippen LogP contribution < -0.4 is 10.2 Å².